The average Bonchev–Trinajstić information content (AvgIpc) is 3.02. The maximum Gasteiger partial charge on any atom is 0.270 e. The van der Waals surface area contributed by atoms with Gasteiger partial charge in [-0.25, -0.2) is 5.43 Å². The van der Waals surface area contributed by atoms with Crippen LogP contribution >= 0.6 is 11.3 Å². The first-order valence-corrected chi connectivity index (χ1v) is 9.92. The molecule has 0 atom stereocenters. The molecular weight excluding hydrogens is 378 g/mol. The highest BCUT2D eigenvalue weighted by molar-refractivity contribution is 7.15. The number of thiophene rings is 1. The van der Waals surface area contributed by atoms with Gasteiger partial charge >= 0.3 is 0 Å². The van der Waals surface area contributed by atoms with Gasteiger partial charge in [0.05, 0.1) is 13.7 Å². The Morgan fingerprint density at radius 1 is 1.32 bits per heavy atom. The summed E-state index contributed by atoms with van der Waals surface area (Å²) >= 11 is 1.71. The number of methoxy groups -OCH3 is 1. The molecule has 0 saturated heterocycles. The molecule has 1 aromatic carbocycles. The largest absolute Gasteiger partial charge is 0.493 e. The van der Waals surface area contributed by atoms with Gasteiger partial charge in [0.15, 0.2) is 11.5 Å². The third kappa shape index (κ3) is 3.60. The van der Waals surface area contributed by atoms with Gasteiger partial charge < -0.3 is 14.4 Å². The number of ether oxygens (including phenoxy) is 2. The van der Waals surface area contributed by atoms with Crippen LogP contribution in [0.25, 0.3) is 10.4 Å². The normalized spacial score (nSPS) is 16.4. The second-order valence-corrected chi connectivity index (χ2v) is 8.03. The summed E-state index contributed by atoms with van der Waals surface area (Å²) in [5.74, 6) is 0.998. The maximum atomic E-state index is 12.9. The number of rotatable bonds is 3. The molecule has 0 aliphatic carbocycles. The van der Waals surface area contributed by atoms with E-state index in [1.165, 1.54) is 4.88 Å². The minimum absolute atomic E-state index is 0.165. The number of fused-ring (bicyclic) bond motifs is 1. The lowest BCUT2D eigenvalue weighted by molar-refractivity contribution is -0.125. The average molecular weight is 399 g/mol. The molecule has 8 heteroatoms. The van der Waals surface area contributed by atoms with Gasteiger partial charge in [0.1, 0.15) is 12.3 Å². The van der Waals surface area contributed by atoms with Crippen LogP contribution in [0.3, 0.4) is 0 Å². The molecule has 0 radical (unpaired) electrons. The van der Waals surface area contributed by atoms with E-state index in [0.29, 0.717) is 43.3 Å². The topological polar surface area (TPSA) is 80.2 Å². The summed E-state index contributed by atoms with van der Waals surface area (Å²) in [5, 5.41) is 3.94. The predicted octanol–water partition coefficient (Wildman–Crippen LogP) is 2.72. The molecule has 3 heterocycles. The fourth-order valence-corrected chi connectivity index (χ4v) is 4.21. The van der Waals surface area contributed by atoms with E-state index >= 15 is 0 Å². The molecule has 2 aliphatic rings. The van der Waals surface area contributed by atoms with Gasteiger partial charge in [-0.05, 0) is 36.8 Å². The number of nitrogens with zero attached hydrogens (tertiary/aromatic N) is 2. The monoisotopic (exact) mass is 399 g/mol. The zero-order chi connectivity index (χ0) is 19.7. The van der Waals surface area contributed by atoms with Gasteiger partial charge in [-0.2, -0.15) is 5.10 Å². The van der Waals surface area contributed by atoms with E-state index in [2.05, 4.69) is 35.7 Å². The summed E-state index contributed by atoms with van der Waals surface area (Å²) in [7, 11) is 1.62. The SMILES string of the molecule is COc1cc(-c2ccc(C)s2)cc2c1OCCN(C(=O)C1=NNC(=O)CC1)C2. The minimum Gasteiger partial charge on any atom is -0.493 e. The second kappa shape index (κ2) is 7.63. The van der Waals surface area contributed by atoms with Crippen molar-refractivity contribution < 1.29 is 19.1 Å². The third-order valence-electron chi connectivity index (χ3n) is 4.78. The fourth-order valence-electron chi connectivity index (χ4n) is 3.35. The molecule has 0 bridgehead atoms. The summed E-state index contributed by atoms with van der Waals surface area (Å²) in [5.41, 5.74) is 4.70. The Hall–Kier alpha value is -2.87. The zero-order valence-electron chi connectivity index (χ0n) is 15.8. The molecule has 2 aromatic rings. The van der Waals surface area contributed by atoms with Gasteiger partial charge in [0, 0.05) is 34.7 Å². The van der Waals surface area contributed by atoms with Crippen molar-refractivity contribution >= 4 is 28.9 Å². The number of amides is 2. The van der Waals surface area contributed by atoms with E-state index in [0.717, 1.165) is 16.0 Å². The van der Waals surface area contributed by atoms with E-state index < -0.39 is 0 Å². The number of aryl methyl sites for hydroxylation is 1. The van der Waals surface area contributed by atoms with Crippen LogP contribution < -0.4 is 14.9 Å². The standard InChI is InChI=1S/C20H21N3O4S/c1-12-3-5-17(28-12)13-9-14-11-23(7-8-27-19(14)16(10-13)26-2)20(25)15-4-6-18(24)22-21-15/h3,5,9-10H,4,6-8,11H2,1-2H3,(H,22,24). The Bertz CT molecular complexity index is 966. The molecule has 2 aliphatic heterocycles. The van der Waals surface area contributed by atoms with Crippen molar-refractivity contribution in [1.29, 1.82) is 0 Å². The molecule has 4 rings (SSSR count). The van der Waals surface area contributed by atoms with Crippen LogP contribution in [0.5, 0.6) is 11.5 Å². The van der Waals surface area contributed by atoms with Crippen LogP contribution in [-0.4, -0.2) is 42.7 Å². The maximum absolute atomic E-state index is 12.9. The van der Waals surface area contributed by atoms with Gasteiger partial charge in [0.2, 0.25) is 5.91 Å². The van der Waals surface area contributed by atoms with Crippen LogP contribution in [-0.2, 0) is 16.1 Å². The molecule has 146 valence electrons. The number of carbonyl (C=O) groups excluding carboxylic acids is 2. The highest BCUT2D eigenvalue weighted by Crippen LogP contribution is 2.40. The van der Waals surface area contributed by atoms with Crippen LogP contribution in [0.4, 0.5) is 0 Å². The van der Waals surface area contributed by atoms with E-state index in [-0.39, 0.29) is 18.2 Å². The fraction of sp³-hybridized carbons (Fsp3) is 0.350. The number of hydrogen-bond donors (Lipinski definition) is 1. The van der Waals surface area contributed by atoms with Crippen molar-refractivity contribution in [3.8, 4) is 21.9 Å². The first kappa shape index (κ1) is 18.5. The quantitative estimate of drug-likeness (QED) is 0.861. The Kier molecular flexibility index (Phi) is 5.04. The van der Waals surface area contributed by atoms with Gasteiger partial charge in [-0.3, -0.25) is 9.59 Å². The summed E-state index contributed by atoms with van der Waals surface area (Å²) in [6.07, 6.45) is 0.633. The van der Waals surface area contributed by atoms with Gasteiger partial charge in [-0.1, -0.05) is 0 Å². The van der Waals surface area contributed by atoms with Crippen LogP contribution in [0, 0.1) is 6.92 Å². The highest BCUT2D eigenvalue weighted by atomic mass is 32.1. The summed E-state index contributed by atoms with van der Waals surface area (Å²) in [4.78, 5) is 28.3. The predicted molar refractivity (Wildman–Crippen MR) is 107 cm³/mol. The number of hydrogen-bond acceptors (Lipinski definition) is 6. The lowest BCUT2D eigenvalue weighted by atomic mass is 10.1. The Labute approximate surface area is 166 Å². The molecule has 0 spiro atoms. The number of carbonyl (C=O) groups is 2. The number of benzene rings is 1. The van der Waals surface area contributed by atoms with Crippen molar-refractivity contribution in [3.63, 3.8) is 0 Å². The molecule has 2 amide bonds. The highest BCUT2D eigenvalue weighted by Gasteiger charge is 2.27. The Morgan fingerprint density at radius 2 is 2.18 bits per heavy atom. The molecular formula is C20H21N3O4S. The van der Waals surface area contributed by atoms with Gasteiger partial charge in [-0.15, -0.1) is 11.3 Å². The molecule has 0 unspecified atom stereocenters. The van der Waals surface area contributed by atoms with Gasteiger partial charge in [0.25, 0.3) is 5.91 Å². The summed E-state index contributed by atoms with van der Waals surface area (Å²) in [6.45, 7) is 3.28. The Morgan fingerprint density at radius 3 is 2.86 bits per heavy atom. The summed E-state index contributed by atoms with van der Waals surface area (Å²) in [6, 6.07) is 8.20. The zero-order valence-corrected chi connectivity index (χ0v) is 16.6. The third-order valence-corrected chi connectivity index (χ3v) is 5.83. The molecule has 1 aromatic heterocycles. The molecule has 1 N–H and O–H groups in total. The van der Waals surface area contributed by atoms with Crippen LogP contribution in [0.2, 0.25) is 0 Å². The van der Waals surface area contributed by atoms with Crippen molar-refractivity contribution in [2.24, 2.45) is 5.10 Å². The van der Waals surface area contributed by atoms with E-state index in [1.807, 2.05) is 6.07 Å². The first-order valence-electron chi connectivity index (χ1n) is 9.10. The molecule has 28 heavy (non-hydrogen) atoms. The van der Waals surface area contributed by atoms with Crippen molar-refractivity contribution in [3.05, 3.63) is 34.7 Å². The molecule has 0 fully saturated rings. The van der Waals surface area contributed by atoms with E-state index in [1.54, 1.807) is 23.3 Å². The lowest BCUT2D eigenvalue weighted by Gasteiger charge is -2.22. The van der Waals surface area contributed by atoms with Crippen LogP contribution in [0.1, 0.15) is 23.3 Å². The minimum atomic E-state index is -0.173. The van der Waals surface area contributed by atoms with E-state index in [9.17, 15) is 9.59 Å². The number of hydrazone groups is 1. The Balaban J connectivity index is 1.66. The van der Waals surface area contributed by atoms with Crippen molar-refractivity contribution in [2.45, 2.75) is 26.3 Å². The smallest absolute Gasteiger partial charge is 0.270 e. The molecule has 7 nitrogen and oxygen atoms in total. The van der Waals surface area contributed by atoms with Crippen molar-refractivity contribution in [2.75, 3.05) is 20.3 Å². The molecule has 0 saturated carbocycles. The summed E-state index contributed by atoms with van der Waals surface area (Å²) < 4.78 is 11.5. The van der Waals surface area contributed by atoms with Crippen molar-refractivity contribution in [1.82, 2.24) is 10.3 Å². The van der Waals surface area contributed by atoms with Crippen LogP contribution in [0.15, 0.2) is 29.4 Å². The second-order valence-electron chi connectivity index (χ2n) is 6.75. The lowest BCUT2D eigenvalue weighted by Crippen LogP contribution is -2.40. The van der Waals surface area contributed by atoms with E-state index in [4.69, 9.17) is 9.47 Å². The first-order chi connectivity index (χ1) is 13.5. The number of nitrogens with one attached hydrogen (secondary N) is 1.